The van der Waals surface area contributed by atoms with Gasteiger partial charge in [-0.2, -0.15) is 0 Å². The molecule has 0 spiro atoms. The van der Waals surface area contributed by atoms with Crippen LogP contribution < -0.4 is 10.2 Å². The number of nitrogens with one attached hydrogen (secondary N) is 1. The summed E-state index contributed by atoms with van der Waals surface area (Å²) in [6.45, 7) is 1.88. The van der Waals surface area contributed by atoms with Gasteiger partial charge in [-0.1, -0.05) is 40.2 Å². The topological polar surface area (TPSA) is 66.5 Å². The molecule has 0 atom stereocenters. The van der Waals surface area contributed by atoms with Gasteiger partial charge >= 0.3 is 6.03 Å². The van der Waals surface area contributed by atoms with Crippen molar-refractivity contribution in [3.63, 3.8) is 0 Å². The number of imide groups is 2. The van der Waals surface area contributed by atoms with Crippen molar-refractivity contribution in [2.75, 3.05) is 4.90 Å². The Bertz CT molecular complexity index is 872. The van der Waals surface area contributed by atoms with Gasteiger partial charge in [-0.05, 0) is 48.4 Å². The summed E-state index contributed by atoms with van der Waals surface area (Å²) in [5.74, 6) is -1.34. The second kappa shape index (κ2) is 6.41. The van der Waals surface area contributed by atoms with Gasteiger partial charge in [0.15, 0.2) is 0 Å². The summed E-state index contributed by atoms with van der Waals surface area (Å²) in [5.41, 5.74) is 1.99. The Morgan fingerprint density at radius 3 is 2.33 bits per heavy atom. The van der Waals surface area contributed by atoms with E-state index in [0.29, 0.717) is 5.69 Å². The van der Waals surface area contributed by atoms with Crippen LogP contribution in [-0.2, 0) is 9.59 Å². The van der Waals surface area contributed by atoms with Gasteiger partial charge in [0.1, 0.15) is 5.57 Å². The number of anilines is 1. The van der Waals surface area contributed by atoms with Crippen LogP contribution in [0.5, 0.6) is 0 Å². The number of hydrogen-bond acceptors (Lipinski definition) is 3. The molecule has 0 unspecified atom stereocenters. The number of amides is 4. The van der Waals surface area contributed by atoms with E-state index in [-0.39, 0.29) is 5.57 Å². The zero-order valence-corrected chi connectivity index (χ0v) is 14.3. The molecule has 0 aromatic heterocycles. The Kier molecular flexibility index (Phi) is 4.31. The first-order valence-electron chi connectivity index (χ1n) is 7.20. The van der Waals surface area contributed by atoms with Crippen LogP contribution in [0.2, 0.25) is 0 Å². The third kappa shape index (κ3) is 3.00. The molecule has 1 fully saturated rings. The second-order valence-electron chi connectivity index (χ2n) is 5.29. The maximum absolute atomic E-state index is 12.7. The minimum absolute atomic E-state index is 0.0770. The van der Waals surface area contributed by atoms with Crippen LogP contribution in [0, 0.1) is 6.92 Å². The predicted molar refractivity (Wildman–Crippen MR) is 94.3 cm³/mol. The maximum atomic E-state index is 12.7. The molecule has 6 heteroatoms. The van der Waals surface area contributed by atoms with Crippen molar-refractivity contribution in [3.8, 4) is 0 Å². The number of hydrogen-bond donors (Lipinski definition) is 1. The van der Waals surface area contributed by atoms with E-state index in [1.165, 1.54) is 6.08 Å². The number of urea groups is 1. The molecule has 24 heavy (non-hydrogen) atoms. The van der Waals surface area contributed by atoms with E-state index in [1.807, 2.05) is 31.2 Å². The number of benzene rings is 2. The second-order valence-corrected chi connectivity index (χ2v) is 6.21. The van der Waals surface area contributed by atoms with E-state index in [2.05, 4.69) is 21.2 Å². The maximum Gasteiger partial charge on any atom is 0.335 e. The van der Waals surface area contributed by atoms with Crippen LogP contribution in [0.25, 0.3) is 6.08 Å². The Morgan fingerprint density at radius 2 is 1.67 bits per heavy atom. The van der Waals surface area contributed by atoms with Crippen molar-refractivity contribution in [2.24, 2.45) is 0 Å². The third-order valence-electron chi connectivity index (χ3n) is 3.67. The molecule has 4 amide bonds. The lowest BCUT2D eigenvalue weighted by Crippen LogP contribution is -2.54. The number of barbiturate groups is 1. The van der Waals surface area contributed by atoms with E-state index in [0.717, 1.165) is 20.5 Å². The van der Waals surface area contributed by atoms with Crippen LogP contribution in [0.1, 0.15) is 11.1 Å². The predicted octanol–water partition coefficient (Wildman–Crippen LogP) is 3.42. The molecule has 1 aliphatic rings. The average molecular weight is 385 g/mol. The molecule has 2 aromatic rings. The van der Waals surface area contributed by atoms with Crippen molar-refractivity contribution >= 4 is 45.5 Å². The molecule has 0 aliphatic carbocycles. The van der Waals surface area contributed by atoms with Gasteiger partial charge in [0.2, 0.25) is 0 Å². The number of aryl methyl sites for hydroxylation is 1. The molecule has 0 radical (unpaired) electrons. The van der Waals surface area contributed by atoms with Gasteiger partial charge in [0, 0.05) is 4.47 Å². The number of halogens is 1. The molecule has 1 heterocycles. The third-order valence-corrected chi connectivity index (χ3v) is 4.20. The Balaban J connectivity index is 2.03. The molecule has 0 bridgehead atoms. The van der Waals surface area contributed by atoms with Crippen molar-refractivity contribution in [2.45, 2.75) is 6.92 Å². The molecule has 5 nitrogen and oxygen atoms in total. The van der Waals surface area contributed by atoms with Crippen molar-refractivity contribution in [1.82, 2.24) is 5.32 Å². The Morgan fingerprint density at radius 1 is 1.00 bits per heavy atom. The van der Waals surface area contributed by atoms with E-state index in [1.54, 1.807) is 24.3 Å². The molecule has 1 aliphatic heterocycles. The standard InChI is InChI=1S/C18H13BrN2O3/c1-11-4-2-3-5-12(11)10-15-16(22)20-18(24)21(17(15)23)14-8-6-13(19)7-9-14/h2-10H,1H3,(H,20,22,24). The van der Waals surface area contributed by atoms with Gasteiger partial charge in [0.05, 0.1) is 5.69 Å². The Labute approximate surface area is 147 Å². The summed E-state index contributed by atoms with van der Waals surface area (Å²) < 4.78 is 0.822. The number of rotatable bonds is 2. The average Bonchev–Trinajstić information content (AvgIpc) is 2.54. The van der Waals surface area contributed by atoms with E-state index >= 15 is 0 Å². The van der Waals surface area contributed by atoms with Crippen molar-refractivity contribution in [3.05, 3.63) is 69.7 Å². The highest BCUT2D eigenvalue weighted by Gasteiger charge is 2.36. The minimum atomic E-state index is -0.755. The summed E-state index contributed by atoms with van der Waals surface area (Å²) >= 11 is 3.30. The summed E-state index contributed by atoms with van der Waals surface area (Å²) in [7, 11) is 0. The molecule has 0 saturated carbocycles. The molecule has 2 aromatic carbocycles. The largest absolute Gasteiger partial charge is 0.335 e. The first kappa shape index (κ1) is 16.1. The molecule has 1 N–H and O–H groups in total. The highest BCUT2D eigenvalue weighted by Crippen LogP contribution is 2.24. The summed E-state index contributed by atoms with van der Waals surface area (Å²) in [4.78, 5) is 37.9. The van der Waals surface area contributed by atoms with E-state index in [4.69, 9.17) is 0 Å². The normalized spacial score (nSPS) is 16.5. The molecule has 3 rings (SSSR count). The highest BCUT2D eigenvalue weighted by molar-refractivity contribution is 9.10. The molecular formula is C18H13BrN2O3. The first-order valence-corrected chi connectivity index (χ1v) is 7.99. The quantitative estimate of drug-likeness (QED) is 0.637. The Hall–Kier alpha value is -2.73. The fourth-order valence-electron chi connectivity index (χ4n) is 2.39. The fourth-order valence-corrected chi connectivity index (χ4v) is 2.65. The fraction of sp³-hybridized carbons (Fsp3) is 0.0556. The zero-order chi connectivity index (χ0) is 17.3. The SMILES string of the molecule is Cc1ccccc1C=C1C(=O)NC(=O)N(c2ccc(Br)cc2)C1=O. The van der Waals surface area contributed by atoms with Crippen molar-refractivity contribution in [1.29, 1.82) is 0 Å². The highest BCUT2D eigenvalue weighted by atomic mass is 79.9. The minimum Gasteiger partial charge on any atom is -0.273 e. The monoisotopic (exact) mass is 384 g/mol. The van der Waals surface area contributed by atoms with Gasteiger partial charge in [-0.25, -0.2) is 9.69 Å². The zero-order valence-electron chi connectivity index (χ0n) is 12.7. The molecule has 1 saturated heterocycles. The number of nitrogens with zero attached hydrogens (tertiary/aromatic N) is 1. The van der Waals surface area contributed by atoms with Crippen LogP contribution in [0.4, 0.5) is 10.5 Å². The summed E-state index contributed by atoms with van der Waals surface area (Å²) in [6, 6.07) is 13.3. The molecule has 120 valence electrons. The lowest BCUT2D eigenvalue weighted by atomic mass is 10.0. The smallest absolute Gasteiger partial charge is 0.273 e. The van der Waals surface area contributed by atoms with Crippen molar-refractivity contribution < 1.29 is 14.4 Å². The van der Waals surface area contributed by atoms with Gasteiger partial charge in [0.25, 0.3) is 11.8 Å². The lowest BCUT2D eigenvalue weighted by molar-refractivity contribution is -0.122. The number of carbonyl (C=O) groups is 3. The van der Waals surface area contributed by atoms with Crippen LogP contribution in [0.15, 0.2) is 58.6 Å². The molecular weight excluding hydrogens is 372 g/mol. The van der Waals surface area contributed by atoms with Gasteiger partial charge in [-0.15, -0.1) is 0 Å². The van der Waals surface area contributed by atoms with E-state index < -0.39 is 17.8 Å². The van der Waals surface area contributed by atoms with E-state index in [9.17, 15) is 14.4 Å². The van der Waals surface area contributed by atoms with Crippen LogP contribution in [0.3, 0.4) is 0 Å². The van der Waals surface area contributed by atoms with Crippen LogP contribution in [-0.4, -0.2) is 17.8 Å². The van der Waals surface area contributed by atoms with Crippen LogP contribution >= 0.6 is 15.9 Å². The first-order chi connectivity index (χ1) is 11.5. The summed E-state index contributed by atoms with van der Waals surface area (Å²) in [5, 5.41) is 2.21. The summed E-state index contributed by atoms with van der Waals surface area (Å²) in [6.07, 6.45) is 1.51. The number of carbonyl (C=O) groups excluding carboxylic acids is 3. The van der Waals surface area contributed by atoms with Gasteiger partial charge in [-0.3, -0.25) is 14.9 Å². The van der Waals surface area contributed by atoms with Gasteiger partial charge < -0.3 is 0 Å². The lowest BCUT2D eigenvalue weighted by Gasteiger charge is -2.26.